The van der Waals surface area contributed by atoms with Crippen LogP contribution in [0.1, 0.15) is 25.8 Å². The second-order valence-electron chi connectivity index (χ2n) is 3.83. The maximum Gasteiger partial charge on any atom is 0.129 e. The van der Waals surface area contributed by atoms with E-state index in [-0.39, 0.29) is 12.7 Å². The van der Waals surface area contributed by atoms with Gasteiger partial charge in [-0.3, -0.25) is 0 Å². The minimum atomic E-state index is -0.0956. The number of benzene rings is 1. The van der Waals surface area contributed by atoms with Crippen LogP contribution in [0.25, 0.3) is 0 Å². The molecule has 0 spiro atoms. The number of ether oxygens (including phenoxy) is 2. The lowest BCUT2D eigenvalue weighted by Gasteiger charge is -2.15. The van der Waals surface area contributed by atoms with Gasteiger partial charge in [0, 0.05) is 11.6 Å². The molecule has 0 aromatic heterocycles. The normalized spacial score (nSPS) is 11.9. The molecule has 94 valence electrons. The minimum absolute atomic E-state index is 0.0484. The highest BCUT2D eigenvalue weighted by molar-refractivity contribution is 5.40. The zero-order valence-electron chi connectivity index (χ0n) is 10.5. The summed E-state index contributed by atoms with van der Waals surface area (Å²) in [7, 11) is 0. The van der Waals surface area contributed by atoms with Crippen molar-refractivity contribution in [3.63, 3.8) is 0 Å². The van der Waals surface area contributed by atoms with E-state index < -0.39 is 0 Å². The Morgan fingerprint density at radius 3 is 2.82 bits per heavy atom. The lowest BCUT2D eigenvalue weighted by Crippen LogP contribution is -2.09. The summed E-state index contributed by atoms with van der Waals surface area (Å²) < 4.78 is 11.2. The summed E-state index contributed by atoms with van der Waals surface area (Å²) in [5.41, 5.74) is 0.752. The Bertz CT molecular complexity index is 360. The Balaban J connectivity index is 2.85. The van der Waals surface area contributed by atoms with Crippen LogP contribution in [-0.2, 0) is 6.61 Å². The first-order valence-electron chi connectivity index (χ1n) is 5.87. The largest absolute Gasteiger partial charge is 0.493 e. The van der Waals surface area contributed by atoms with Gasteiger partial charge in [0.2, 0.25) is 0 Å². The van der Waals surface area contributed by atoms with Gasteiger partial charge in [-0.1, -0.05) is 19.6 Å². The van der Waals surface area contributed by atoms with Gasteiger partial charge in [0.1, 0.15) is 17.6 Å². The van der Waals surface area contributed by atoms with Crippen LogP contribution in [0, 0.1) is 0 Å². The van der Waals surface area contributed by atoms with Crippen LogP contribution in [0.3, 0.4) is 0 Å². The summed E-state index contributed by atoms with van der Waals surface area (Å²) in [5, 5.41) is 9.22. The molecule has 0 saturated carbocycles. The van der Waals surface area contributed by atoms with Crippen molar-refractivity contribution in [2.24, 2.45) is 0 Å². The van der Waals surface area contributed by atoms with Crippen molar-refractivity contribution in [2.45, 2.75) is 33.0 Å². The molecule has 0 radical (unpaired) electrons. The van der Waals surface area contributed by atoms with Crippen molar-refractivity contribution in [1.29, 1.82) is 0 Å². The topological polar surface area (TPSA) is 38.7 Å². The molecule has 1 rings (SSSR count). The Morgan fingerprint density at radius 1 is 1.47 bits per heavy atom. The maximum absolute atomic E-state index is 9.22. The van der Waals surface area contributed by atoms with Gasteiger partial charge in [-0.05, 0) is 25.5 Å². The van der Waals surface area contributed by atoms with Crippen LogP contribution in [0.15, 0.2) is 30.9 Å². The molecule has 1 atom stereocenters. The van der Waals surface area contributed by atoms with E-state index in [2.05, 4.69) is 13.5 Å². The van der Waals surface area contributed by atoms with E-state index in [4.69, 9.17) is 9.47 Å². The predicted molar refractivity (Wildman–Crippen MR) is 68.4 cm³/mol. The third kappa shape index (κ3) is 4.11. The van der Waals surface area contributed by atoms with Crippen molar-refractivity contribution in [3.05, 3.63) is 36.4 Å². The zero-order valence-corrected chi connectivity index (χ0v) is 10.5. The molecule has 0 saturated heterocycles. The molecule has 1 N–H and O–H groups in total. The number of aliphatic hydroxyl groups is 1. The summed E-state index contributed by atoms with van der Waals surface area (Å²) in [6, 6.07) is 5.46. The molecular formula is C14H20O3. The first kappa shape index (κ1) is 13.6. The second-order valence-corrected chi connectivity index (χ2v) is 3.83. The van der Waals surface area contributed by atoms with Gasteiger partial charge < -0.3 is 14.6 Å². The van der Waals surface area contributed by atoms with E-state index in [1.165, 1.54) is 0 Å². The summed E-state index contributed by atoms with van der Waals surface area (Å²) in [6.45, 7) is 8.24. The molecule has 0 bridgehead atoms. The van der Waals surface area contributed by atoms with Gasteiger partial charge in [0.15, 0.2) is 0 Å². The Kier molecular flexibility index (Phi) is 5.57. The highest BCUT2D eigenvalue weighted by Crippen LogP contribution is 2.26. The third-order valence-electron chi connectivity index (χ3n) is 2.33. The van der Waals surface area contributed by atoms with Crippen LogP contribution in [-0.4, -0.2) is 17.8 Å². The molecule has 17 heavy (non-hydrogen) atoms. The van der Waals surface area contributed by atoms with Gasteiger partial charge in [-0.25, -0.2) is 0 Å². The number of rotatable bonds is 7. The molecule has 0 aliphatic heterocycles. The number of hydrogen-bond acceptors (Lipinski definition) is 3. The SMILES string of the molecule is C=CC(C)Oc1cc(OCCC)ccc1CO. The van der Waals surface area contributed by atoms with E-state index in [1.54, 1.807) is 12.1 Å². The minimum Gasteiger partial charge on any atom is -0.493 e. The summed E-state index contributed by atoms with van der Waals surface area (Å²) in [5.74, 6) is 1.41. The molecule has 0 aliphatic rings. The van der Waals surface area contributed by atoms with Crippen molar-refractivity contribution in [1.82, 2.24) is 0 Å². The molecular weight excluding hydrogens is 216 g/mol. The summed E-state index contributed by atoms with van der Waals surface area (Å²) >= 11 is 0. The van der Waals surface area contributed by atoms with Crippen LogP contribution in [0.2, 0.25) is 0 Å². The van der Waals surface area contributed by atoms with E-state index in [0.29, 0.717) is 12.4 Å². The molecule has 1 aromatic rings. The molecule has 3 heteroatoms. The molecule has 3 nitrogen and oxygen atoms in total. The predicted octanol–water partition coefficient (Wildman–Crippen LogP) is 2.92. The van der Waals surface area contributed by atoms with Crippen LogP contribution in [0.5, 0.6) is 11.5 Å². The van der Waals surface area contributed by atoms with Crippen molar-refractivity contribution in [3.8, 4) is 11.5 Å². The van der Waals surface area contributed by atoms with Crippen molar-refractivity contribution >= 4 is 0 Å². The quantitative estimate of drug-likeness (QED) is 0.740. The molecule has 1 aromatic carbocycles. The molecule has 0 heterocycles. The Hall–Kier alpha value is -1.48. The van der Waals surface area contributed by atoms with E-state index in [1.807, 2.05) is 19.1 Å². The van der Waals surface area contributed by atoms with Gasteiger partial charge in [0.05, 0.1) is 13.2 Å². The van der Waals surface area contributed by atoms with Crippen molar-refractivity contribution < 1.29 is 14.6 Å². The standard InChI is InChI=1S/C14H20O3/c1-4-8-16-13-7-6-12(10-15)14(9-13)17-11(3)5-2/h5-7,9,11,15H,2,4,8,10H2,1,3H3. The van der Waals surface area contributed by atoms with Crippen molar-refractivity contribution in [2.75, 3.05) is 6.61 Å². The zero-order chi connectivity index (χ0) is 12.7. The smallest absolute Gasteiger partial charge is 0.129 e. The highest BCUT2D eigenvalue weighted by atomic mass is 16.5. The van der Waals surface area contributed by atoms with Gasteiger partial charge >= 0.3 is 0 Å². The maximum atomic E-state index is 9.22. The fraction of sp³-hybridized carbons (Fsp3) is 0.429. The van der Waals surface area contributed by atoms with Crippen LogP contribution >= 0.6 is 0 Å². The van der Waals surface area contributed by atoms with E-state index in [9.17, 15) is 5.11 Å². The average Bonchev–Trinajstić information content (AvgIpc) is 2.36. The summed E-state index contributed by atoms with van der Waals surface area (Å²) in [6.07, 6.45) is 2.57. The fourth-order valence-corrected chi connectivity index (χ4v) is 1.33. The molecule has 0 amide bonds. The van der Waals surface area contributed by atoms with Crippen LogP contribution in [0.4, 0.5) is 0 Å². The number of aliphatic hydroxyl groups excluding tert-OH is 1. The molecule has 0 fully saturated rings. The highest BCUT2D eigenvalue weighted by Gasteiger charge is 2.07. The lowest BCUT2D eigenvalue weighted by atomic mass is 10.2. The molecule has 0 aliphatic carbocycles. The van der Waals surface area contributed by atoms with E-state index in [0.717, 1.165) is 17.7 Å². The lowest BCUT2D eigenvalue weighted by molar-refractivity contribution is 0.241. The Labute approximate surface area is 103 Å². The van der Waals surface area contributed by atoms with Gasteiger partial charge in [-0.15, -0.1) is 0 Å². The van der Waals surface area contributed by atoms with Gasteiger partial charge in [-0.2, -0.15) is 0 Å². The summed E-state index contributed by atoms with van der Waals surface area (Å²) in [4.78, 5) is 0. The Morgan fingerprint density at radius 2 is 2.24 bits per heavy atom. The van der Waals surface area contributed by atoms with Crippen LogP contribution < -0.4 is 9.47 Å². The second kappa shape index (κ2) is 6.97. The van der Waals surface area contributed by atoms with E-state index >= 15 is 0 Å². The van der Waals surface area contributed by atoms with Gasteiger partial charge in [0.25, 0.3) is 0 Å². The first-order valence-corrected chi connectivity index (χ1v) is 5.87. The fourth-order valence-electron chi connectivity index (χ4n) is 1.33. The molecule has 1 unspecified atom stereocenters. The third-order valence-corrected chi connectivity index (χ3v) is 2.33. The number of hydrogen-bond donors (Lipinski definition) is 1. The average molecular weight is 236 g/mol. The first-order chi connectivity index (χ1) is 8.21. The monoisotopic (exact) mass is 236 g/mol.